The molecule has 2 nitrogen and oxygen atoms in total. The van der Waals surface area contributed by atoms with E-state index in [0.717, 1.165) is 18.8 Å². The van der Waals surface area contributed by atoms with Gasteiger partial charge in [0.25, 0.3) is 0 Å². The van der Waals surface area contributed by atoms with Gasteiger partial charge in [-0.25, -0.2) is 0 Å². The summed E-state index contributed by atoms with van der Waals surface area (Å²) in [6.45, 7) is 0. The minimum absolute atomic E-state index is 0. The Morgan fingerprint density at radius 2 is 1.85 bits per heavy atom. The smallest absolute Gasteiger partial charge is 0.303 e. The molecule has 1 aliphatic carbocycles. The molecule has 0 aromatic carbocycles. The van der Waals surface area contributed by atoms with E-state index in [4.69, 9.17) is 5.11 Å². The second-order valence-electron chi connectivity index (χ2n) is 3.79. The topological polar surface area (TPSA) is 37.3 Å². The Morgan fingerprint density at radius 3 is 2.38 bits per heavy atom. The van der Waals surface area contributed by atoms with Crippen LogP contribution in [0.4, 0.5) is 0 Å². The summed E-state index contributed by atoms with van der Waals surface area (Å²) in [6, 6.07) is 0. The van der Waals surface area contributed by atoms with E-state index < -0.39 is 5.97 Å². The maximum Gasteiger partial charge on any atom is 0.303 e. The maximum absolute atomic E-state index is 10.2. The molecule has 0 unspecified atom stereocenters. The number of aliphatic carboxylic acids is 1. The molecule has 1 aliphatic rings. The summed E-state index contributed by atoms with van der Waals surface area (Å²) >= 11 is 0. The summed E-state index contributed by atoms with van der Waals surface area (Å²) in [5.41, 5.74) is 0. The van der Waals surface area contributed by atoms with E-state index in [2.05, 4.69) is 0 Å². The first-order valence-electron chi connectivity index (χ1n) is 5.01. The van der Waals surface area contributed by atoms with Crippen LogP contribution in [0, 0.1) is 5.92 Å². The van der Waals surface area contributed by atoms with Gasteiger partial charge in [-0.05, 0) is 18.8 Å². The van der Waals surface area contributed by atoms with E-state index in [9.17, 15) is 4.79 Å². The van der Waals surface area contributed by atoms with Gasteiger partial charge in [-0.1, -0.05) is 32.1 Å². The molecule has 1 N–H and O–H groups in total. The third kappa shape index (κ3) is 6.09. The molecule has 0 spiro atoms. The van der Waals surface area contributed by atoms with Crippen molar-refractivity contribution in [2.45, 2.75) is 51.4 Å². The van der Waals surface area contributed by atoms with E-state index in [1.165, 1.54) is 32.1 Å². The van der Waals surface area contributed by atoms with Crippen LogP contribution in [0.3, 0.4) is 0 Å². The van der Waals surface area contributed by atoms with Crippen LogP contribution in [0.1, 0.15) is 51.4 Å². The monoisotopic (exact) mass is 228 g/mol. The van der Waals surface area contributed by atoms with Gasteiger partial charge in [0.15, 0.2) is 0 Å². The molecule has 0 atom stereocenters. The van der Waals surface area contributed by atoms with Crippen LogP contribution < -0.4 is 0 Å². The van der Waals surface area contributed by atoms with Gasteiger partial charge >= 0.3 is 5.97 Å². The molecule has 0 bridgehead atoms. The molecule has 0 aromatic heterocycles. The number of rotatable bonds is 4. The molecule has 0 saturated heterocycles. The Kier molecular flexibility index (Phi) is 7.35. The van der Waals surface area contributed by atoms with E-state index in [1.54, 1.807) is 0 Å². The number of carboxylic acid groups (broad SMARTS) is 1. The normalized spacial score (nSPS) is 17.8. The largest absolute Gasteiger partial charge is 0.481 e. The third-order valence-electron chi connectivity index (χ3n) is 2.73. The first-order valence-corrected chi connectivity index (χ1v) is 5.01. The first kappa shape index (κ1) is 13.0. The van der Waals surface area contributed by atoms with Crippen LogP contribution in [-0.2, 0) is 21.3 Å². The molecule has 0 aliphatic heterocycles. The molecule has 0 amide bonds. The SMILES string of the molecule is O=C(O)CCCC1CCCCC1.[Ni]. The predicted octanol–water partition coefficient (Wildman–Crippen LogP) is 2.82. The number of carboxylic acids is 1. The van der Waals surface area contributed by atoms with Crippen LogP contribution in [0.15, 0.2) is 0 Å². The second-order valence-corrected chi connectivity index (χ2v) is 3.79. The molecule has 1 rings (SSSR count). The average molecular weight is 229 g/mol. The summed E-state index contributed by atoms with van der Waals surface area (Å²) < 4.78 is 0. The number of hydrogen-bond donors (Lipinski definition) is 1. The molecule has 13 heavy (non-hydrogen) atoms. The van der Waals surface area contributed by atoms with Crippen LogP contribution in [0.25, 0.3) is 0 Å². The van der Waals surface area contributed by atoms with E-state index >= 15 is 0 Å². The van der Waals surface area contributed by atoms with Crippen LogP contribution >= 0.6 is 0 Å². The fraction of sp³-hybridized carbons (Fsp3) is 0.900. The fourth-order valence-corrected chi connectivity index (χ4v) is 2.02. The Hall–Kier alpha value is -0.0365. The Labute approximate surface area is 90.0 Å². The fourth-order valence-electron chi connectivity index (χ4n) is 2.02. The van der Waals surface area contributed by atoms with Gasteiger partial charge in [-0.3, -0.25) is 4.79 Å². The minimum Gasteiger partial charge on any atom is -0.481 e. The second kappa shape index (κ2) is 7.38. The van der Waals surface area contributed by atoms with Crippen molar-refractivity contribution < 1.29 is 26.4 Å². The summed E-state index contributed by atoms with van der Waals surface area (Å²) in [4.78, 5) is 10.2. The van der Waals surface area contributed by atoms with E-state index in [-0.39, 0.29) is 16.5 Å². The van der Waals surface area contributed by atoms with Crippen molar-refractivity contribution in [3.63, 3.8) is 0 Å². The van der Waals surface area contributed by atoms with Crippen LogP contribution in [0.5, 0.6) is 0 Å². The van der Waals surface area contributed by atoms with Crippen molar-refractivity contribution in [1.82, 2.24) is 0 Å². The van der Waals surface area contributed by atoms with Crippen LogP contribution in [-0.4, -0.2) is 11.1 Å². The maximum atomic E-state index is 10.2. The summed E-state index contributed by atoms with van der Waals surface area (Å²) in [6.07, 6.45) is 9.13. The third-order valence-corrected chi connectivity index (χ3v) is 2.73. The Morgan fingerprint density at radius 1 is 1.23 bits per heavy atom. The molecule has 0 radical (unpaired) electrons. The molecule has 3 heteroatoms. The van der Waals surface area contributed by atoms with Gasteiger partial charge in [0.1, 0.15) is 0 Å². The zero-order valence-electron chi connectivity index (χ0n) is 7.91. The van der Waals surface area contributed by atoms with Gasteiger partial charge in [0, 0.05) is 22.9 Å². The first-order chi connectivity index (χ1) is 5.79. The molecule has 1 saturated carbocycles. The summed E-state index contributed by atoms with van der Waals surface area (Å²) in [5.74, 6) is 0.184. The molecular weight excluding hydrogens is 211 g/mol. The Balaban J connectivity index is 0.00000144. The van der Waals surface area contributed by atoms with Crippen molar-refractivity contribution in [3.05, 3.63) is 0 Å². The van der Waals surface area contributed by atoms with Crippen molar-refractivity contribution in [3.8, 4) is 0 Å². The quantitative estimate of drug-likeness (QED) is 0.752. The molecule has 80 valence electrons. The minimum atomic E-state index is -0.647. The van der Waals surface area contributed by atoms with Crippen molar-refractivity contribution >= 4 is 5.97 Å². The summed E-state index contributed by atoms with van der Waals surface area (Å²) in [5, 5.41) is 8.44. The standard InChI is InChI=1S/C10H18O2.Ni/c11-10(12)8-4-7-9-5-2-1-3-6-9;/h9H,1-8H2,(H,11,12);. The molecule has 0 aromatic rings. The van der Waals surface area contributed by atoms with Gasteiger partial charge < -0.3 is 5.11 Å². The van der Waals surface area contributed by atoms with Crippen LogP contribution in [0.2, 0.25) is 0 Å². The van der Waals surface area contributed by atoms with Crippen molar-refractivity contribution in [2.24, 2.45) is 5.92 Å². The van der Waals surface area contributed by atoms with Gasteiger partial charge in [0.05, 0.1) is 0 Å². The zero-order valence-corrected chi connectivity index (χ0v) is 8.89. The summed E-state index contributed by atoms with van der Waals surface area (Å²) in [7, 11) is 0. The molecule has 1 fully saturated rings. The van der Waals surface area contributed by atoms with E-state index in [0.29, 0.717) is 6.42 Å². The average Bonchev–Trinajstić information content (AvgIpc) is 2.05. The van der Waals surface area contributed by atoms with Crippen molar-refractivity contribution in [1.29, 1.82) is 0 Å². The number of hydrogen-bond acceptors (Lipinski definition) is 1. The van der Waals surface area contributed by atoms with Gasteiger partial charge in [-0.2, -0.15) is 0 Å². The molecular formula is C10H18NiO2. The van der Waals surface area contributed by atoms with Gasteiger partial charge in [-0.15, -0.1) is 0 Å². The zero-order chi connectivity index (χ0) is 8.81. The Bertz CT molecular complexity index is 142. The predicted molar refractivity (Wildman–Crippen MR) is 48.1 cm³/mol. The van der Waals surface area contributed by atoms with Gasteiger partial charge in [0.2, 0.25) is 0 Å². The van der Waals surface area contributed by atoms with Crippen molar-refractivity contribution in [2.75, 3.05) is 0 Å². The van der Waals surface area contributed by atoms with E-state index in [1.807, 2.05) is 0 Å². The number of carbonyl (C=O) groups is 1. The molecule has 0 heterocycles.